The molecule has 0 aromatic heterocycles. The van der Waals surface area contributed by atoms with Crippen molar-refractivity contribution in [2.24, 2.45) is 0 Å². The normalized spacial score (nSPS) is 13.3. The van der Waals surface area contributed by atoms with E-state index in [0.29, 0.717) is 12.5 Å². The lowest BCUT2D eigenvalue weighted by atomic mass is 9.98. The minimum atomic E-state index is -0.278. The fourth-order valence-electron chi connectivity index (χ4n) is 3.22. The van der Waals surface area contributed by atoms with Gasteiger partial charge in [0, 0.05) is 6.42 Å². The topological polar surface area (TPSA) is 27.7 Å². The second-order valence-corrected chi connectivity index (χ2v) is 7.29. The summed E-state index contributed by atoms with van der Waals surface area (Å²) in [4.78, 5) is 0. The molecule has 0 N–H and O–H groups in total. The van der Waals surface area contributed by atoms with Crippen LogP contribution in [0, 0.1) is 13.8 Å². The molecule has 0 fully saturated rings. The number of hydrogen-bond acceptors (Lipinski definition) is 3. The number of ether oxygens (including phenoxy) is 3. The first-order valence-electron chi connectivity index (χ1n) is 10.00. The van der Waals surface area contributed by atoms with Crippen LogP contribution < -0.4 is 9.47 Å². The molecule has 0 saturated heterocycles. The van der Waals surface area contributed by atoms with Gasteiger partial charge in [0.25, 0.3) is 0 Å². The van der Waals surface area contributed by atoms with Crippen LogP contribution in [0.1, 0.15) is 61.8 Å². The van der Waals surface area contributed by atoms with Gasteiger partial charge in [0.1, 0.15) is 0 Å². The molecule has 2 rings (SSSR count). The first-order chi connectivity index (χ1) is 13.0. The summed E-state index contributed by atoms with van der Waals surface area (Å²) in [7, 11) is 1.68. The highest BCUT2D eigenvalue weighted by Crippen LogP contribution is 2.32. The lowest BCUT2D eigenvalue weighted by Gasteiger charge is -2.21. The quantitative estimate of drug-likeness (QED) is 0.466. The molecule has 3 nitrogen and oxygen atoms in total. The van der Waals surface area contributed by atoms with Crippen LogP contribution in [0.4, 0.5) is 0 Å². The Hall–Kier alpha value is -2.00. The third-order valence-corrected chi connectivity index (χ3v) is 4.94. The van der Waals surface area contributed by atoms with Crippen molar-refractivity contribution in [3.63, 3.8) is 0 Å². The van der Waals surface area contributed by atoms with Gasteiger partial charge >= 0.3 is 0 Å². The standard InChI is InChI=1S/C24H34O3/c1-7-19(5)21-9-10-22(23(16-21)25-6)27-24(8-2)26-12-11-20-14-17(3)13-18(4)15-20/h9-10,13-16,19,24H,7-8,11-12H2,1-6H3. The van der Waals surface area contributed by atoms with Gasteiger partial charge < -0.3 is 14.2 Å². The zero-order valence-corrected chi connectivity index (χ0v) is 17.7. The maximum Gasteiger partial charge on any atom is 0.199 e. The fourth-order valence-corrected chi connectivity index (χ4v) is 3.22. The Kier molecular flexibility index (Phi) is 8.18. The molecule has 0 amide bonds. The summed E-state index contributed by atoms with van der Waals surface area (Å²) >= 11 is 0. The van der Waals surface area contributed by atoms with Gasteiger partial charge in [-0.25, -0.2) is 0 Å². The smallest absolute Gasteiger partial charge is 0.199 e. The maximum atomic E-state index is 6.09. The third-order valence-electron chi connectivity index (χ3n) is 4.94. The molecule has 27 heavy (non-hydrogen) atoms. The molecule has 3 heteroatoms. The van der Waals surface area contributed by atoms with Gasteiger partial charge in [-0.1, -0.05) is 56.2 Å². The molecule has 0 saturated carbocycles. The van der Waals surface area contributed by atoms with Gasteiger partial charge in [-0.3, -0.25) is 0 Å². The van der Waals surface area contributed by atoms with E-state index in [1.807, 2.05) is 6.07 Å². The highest BCUT2D eigenvalue weighted by molar-refractivity contribution is 5.44. The molecule has 0 radical (unpaired) electrons. The molecule has 2 atom stereocenters. The SMILES string of the molecule is CCC(OCCc1cc(C)cc(C)c1)Oc1ccc(C(C)CC)cc1OC. The highest BCUT2D eigenvalue weighted by atomic mass is 16.7. The van der Waals surface area contributed by atoms with Crippen molar-refractivity contribution < 1.29 is 14.2 Å². The summed E-state index contributed by atoms with van der Waals surface area (Å²) in [5.74, 6) is 2.01. The van der Waals surface area contributed by atoms with E-state index >= 15 is 0 Å². The lowest BCUT2D eigenvalue weighted by molar-refractivity contribution is -0.0813. The van der Waals surface area contributed by atoms with E-state index in [0.717, 1.165) is 30.8 Å². The van der Waals surface area contributed by atoms with Gasteiger partial charge in [0.05, 0.1) is 13.7 Å². The molecule has 2 aromatic rings. The van der Waals surface area contributed by atoms with Gasteiger partial charge in [0.15, 0.2) is 17.8 Å². The van der Waals surface area contributed by atoms with Crippen molar-refractivity contribution in [1.29, 1.82) is 0 Å². The lowest BCUT2D eigenvalue weighted by Crippen LogP contribution is -2.21. The van der Waals surface area contributed by atoms with Crippen LogP contribution in [0.2, 0.25) is 0 Å². The van der Waals surface area contributed by atoms with Crippen LogP contribution in [-0.2, 0) is 11.2 Å². The summed E-state index contributed by atoms with van der Waals surface area (Å²) in [6, 6.07) is 12.8. The summed E-state index contributed by atoms with van der Waals surface area (Å²) in [6.07, 6.45) is 2.48. The summed E-state index contributed by atoms with van der Waals surface area (Å²) in [6.45, 7) is 11.4. The number of aryl methyl sites for hydroxylation is 2. The average molecular weight is 371 g/mol. The molecular weight excluding hydrogens is 336 g/mol. The number of benzene rings is 2. The minimum Gasteiger partial charge on any atom is -0.493 e. The average Bonchev–Trinajstić information content (AvgIpc) is 2.65. The molecule has 2 unspecified atom stereocenters. The Balaban J connectivity index is 1.97. The van der Waals surface area contributed by atoms with Crippen molar-refractivity contribution >= 4 is 0 Å². The largest absolute Gasteiger partial charge is 0.493 e. The van der Waals surface area contributed by atoms with Crippen molar-refractivity contribution in [3.8, 4) is 11.5 Å². The van der Waals surface area contributed by atoms with E-state index in [1.165, 1.54) is 22.3 Å². The second kappa shape index (κ2) is 10.4. The van der Waals surface area contributed by atoms with Crippen molar-refractivity contribution in [2.45, 2.75) is 66.1 Å². The van der Waals surface area contributed by atoms with E-state index in [9.17, 15) is 0 Å². The minimum absolute atomic E-state index is 0.278. The molecule has 2 aromatic carbocycles. The molecule has 0 aliphatic rings. The Morgan fingerprint density at radius 2 is 1.59 bits per heavy atom. The Bertz CT molecular complexity index is 703. The van der Waals surface area contributed by atoms with Crippen LogP contribution in [0.25, 0.3) is 0 Å². The van der Waals surface area contributed by atoms with Gasteiger partial charge in [-0.2, -0.15) is 0 Å². The van der Waals surface area contributed by atoms with E-state index in [4.69, 9.17) is 14.2 Å². The van der Waals surface area contributed by atoms with Crippen LogP contribution >= 0.6 is 0 Å². The predicted molar refractivity (Wildman–Crippen MR) is 112 cm³/mol. The van der Waals surface area contributed by atoms with Crippen molar-refractivity contribution in [3.05, 3.63) is 58.7 Å². The number of rotatable bonds is 10. The van der Waals surface area contributed by atoms with Crippen molar-refractivity contribution in [2.75, 3.05) is 13.7 Å². The van der Waals surface area contributed by atoms with Gasteiger partial charge in [0.2, 0.25) is 0 Å². The number of hydrogen-bond donors (Lipinski definition) is 0. The molecule has 148 valence electrons. The monoisotopic (exact) mass is 370 g/mol. The maximum absolute atomic E-state index is 6.09. The van der Waals surface area contributed by atoms with Gasteiger partial charge in [-0.15, -0.1) is 0 Å². The molecular formula is C24H34O3. The zero-order chi connectivity index (χ0) is 19.8. The van der Waals surface area contributed by atoms with Crippen LogP contribution in [0.3, 0.4) is 0 Å². The molecule has 0 spiro atoms. The van der Waals surface area contributed by atoms with Crippen LogP contribution in [0.15, 0.2) is 36.4 Å². The Labute approximate surface area is 164 Å². The van der Waals surface area contributed by atoms with Crippen molar-refractivity contribution in [1.82, 2.24) is 0 Å². The van der Waals surface area contributed by atoms with Crippen LogP contribution in [0.5, 0.6) is 11.5 Å². The fraction of sp³-hybridized carbons (Fsp3) is 0.500. The molecule has 0 bridgehead atoms. The molecule has 0 aliphatic heterocycles. The van der Waals surface area contributed by atoms with E-state index < -0.39 is 0 Å². The van der Waals surface area contributed by atoms with Gasteiger partial charge in [-0.05, 0) is 55.9 Å². The summed E-state index contributed by atoms with van der Waals surface area (Å²) in [5.41, 5.74) is 5.15. The molecule has 0 aliphatic carbocycles. The molecule has 0 heterocycles. The van der Waals surface area contributed by atoms with E-state index in [2.05, 4.69) is 65.0 Å². The highest BCUT2D eigenvalue weighted by Gasteiger charge is 2.14. The van der Waals surface area contributed by atoms with E-state index in [-0.39, 0.29) is 6.29 Å². The third kappa shape index (κ3) is 6.28. The number of methoxy groups -OCH3 is 1. The first kappa shape index (κ1) is 21.3. The first-order valence-corrected chi connectivity index (χ1v) is 10.00. The van der Waals surface area contributed by atoms with E-state index in [1.54, 1.807) is 7.11 Å². The second-order valence-electron chi connectivity index (χ2n) is 7.29. The Morgan fingerprint density at radius 3 is 2.19 bits per heavy atom. The zero-order valence-electron chi connectivity index (χ0n) is 17.7. The predicted octanol–water partition coefficient (Wildman–Crippen LogP) is 6.20. The Morgan fingerprint density at radius 1 is 0.889 bits per heavy atom. The summed E-state index contributed by atoms with van der Waals surface area (Å²) < 4.78 is 17.6. The van der Waals surface area contributed by atoms with Crippen LogP contribution in [-0.4, -0.2) is 20.0 Å². The summed E-state index contributed by atoms with van der Waals surface area (Å²) in [5, 5.41) is 0.